The molecular weight excluding hydrogens is 549 g/mol. The summed E-state index contributed by atoms with van der Waals surface area (Å²) in [5.74, 6) is 0. The Morgan fingerprint density at radius 3 is 1.16 bits per heavy atom. The van der Waals surface area contributed by atoms with Gasteiger partial charge in [0.1, 0.15) is 18.3 Å². The van der Waals surface area contributed by atoms with E-state index in [4.69, 9.17) is 18.6 Å². The number of hydrogen-bond donors (Lipinski definition) is 0. The summed E-state index contributed by atoms with van der Waals surface area (Å²) in [7, 11) is -2.31. The average Bonchev–Trinajstić information content (AvgIpc) is 3.01. The van der Waals surface area contributed by atoms with Gasteiger partial charge in [-0.1, -0.05) is 145 Å². The molecule has 0 N–H and O–H groups in total. The topological polar surface area (TPSA) is 36.9 Å². The van der Waals surface area contributed by atoms with Crippen LogP contribution in [-0.2, 0) is 38.5 Å². The smallest absolute Gasteiger partial charge is 0.201 e. The summed E-state index contributed by atoms with van der Waals surface area (Å²) >= 11 is 0. The molecule has 3 rings (SSSR count). The summed E-state index contributed by atoms with van der Waals surface area (Å²) < 4.78 is 27.5. The third-order valence-corrected chi connectivity index (χ3v) is 14.4. The molecule has 0 radical (unpaired) electrons. The fourth-order valence-electron chi connectivity index (χ4n) is 6.24. The van der Waals surface area contributed by atoms with E-state index in [1.54, 1.807) is 0 Å². The van der Waals surface area contributed by atoms with Crippen LogP contribution in [0, 0.1) is 0 Å². The van der Waals surface area contributed by atoms with E-state index in [1.165, 1.54) is 0 Å². The van der Waals surface area contributed by atoms with Crippen molar-refractivity contribution in [1.82, 2.24) is 0 Å². The minimum atomic E-state index is -2.31. The number of hydrogen-bond acceptors (Lipinski definition) is 4. The molecule has 0 aliphatic rings. The Labute approximate surface area is 261 Å². The molecule has 0 unspecified atom stereocenters. The average molecular weight is 601 g/mol. The summed E-state index contributed by atoms with van der Waals surface area (Å²) in [6.07, 6.45) is 1.86. The Kier molecular flexibility index (Phi) is 14.1. The summed E-state index contributed by atoms with van der Waals surface area (Å²) in [4.78, 5) is 0. The van der Waals surface area contributed by atoms with Gasteiger partial charge >= 0.3 is 0 Å². The zero-order valence-corrected chi connectivity index (χ0v) is 28.0. The van der Waals surface area contributed by atoms with Crippen molar-refractivity contribution in [2.45, 2.75) is 102 Å². The lowest BCUT2D eigenvalue weighted by molar-refractivity contribution is -0.159. The van der Waals surface area contributed by atoms with Gasteiger partial charge in [-0.3, -0.25) is 0 Å². The van der Waals surface area contributed by atoms with Crippen molar-refractivity contribution in [3.05, 3.63) is 133 Å². The van der Waals surface area contributed by atoms with Gasteiger partial charge in [-0.2, -0.15) is 0 Å². The molecule has 0 aromatic heterocycles. The molecule has 0 aliphatic carbocycles. The normalized spacial score (nSPS) is 14.9. The summed E-state index contributed by atoms with van der Waals surface area (Å²) in [5.41, 5.74) is 4.44. The van der Waals surface area contributed by atoms with E-state index in [-0.39, 0.29) is 0 Å². The molecular formula is C38H52O4Si. The van der Waals surface area contributed by atoms with E-state index in [0.717, 1.165) is 16.7 Å². The molecule has 0 amide bonds. The molecule has 0 saturated carbocycles. The lowest BCUT2D eigenvalue weighted by atomic mass is 10.0. The highest BCUT2D eigenvalue weighted by Gasteiger charge is 2.49. The van der Waals surface area contributed by atoms with Gasteiger partial charge in [0.25, 0.3) is 0 Å². The first kappa shape index (κ1) is 34.7. The molecule has 0 spiro atoms. The van der Waals surface area contributed by atoms with Crippen LogP contribution in [0.4, 0.5) is 0 Å². The molecule has 4 atom stereocenters. The van der Waals surface area contributed by atoms with Crippen molar-refractivity contribution < 1.29 is 18.6 Å². The standard InChI is InChI=1S/C38H52O4Si/c1-9-35(39-26-32-20-14-11-15-21-32)37(40-27-33-22-16-12-17-23-33)38(41-28-34-24-18-13-19-25-34)36(10-2)42-43(29(3)4,30(5)6)31(7)8/h9-25,29-31,35-38H,1-2,26-28H2,3-8H3/t35-,36-,37+,38+/m0/s1. The van der Waals surface area contributed by atoms with Crippen LogP contribution >= 0.6 is 0 Å². The first-order valence-corrected chi connectivity index (χ1v) is 17.8. The first-order chi connectivity index (χ1) is 20.7. The predicted molar refractivity (Wildman–Crippen MR) is 181 cm³/mol. The second-order valence-electron chi connectivity index (χ2n) is 12.2. The first-order valence-electron chi connectivity index (χ1n) is 15.6. The number of ether oxygens (including phenoxy) is 3. The Bertz CT molecular complexity index is 1170. The maximum Gasteiger partial charge on any atom is 0.201 e. The molecule has 0 bridgehead atoms. The lowest BCUT2D eigenvalue weighted by Crippen LogP contribution is -2.56. The Morgan fingerprint density at radius 2 is 0.837 bits per heavy atom. The van der Waals surface area contributed by atoms with Crippen LogP contribution in [0.5, 0.6) is 0 Å². The number of rotatable bonds is 19. The monoisotopic (exact) mass is 600 g/mol. The van der Waals surface area contributed by atoms with Crippen molar-refractivity contribution in [1.29, 1.82) is 0 Å². The van der Waals surface area contributed by atoms with Crippen LogP contribution in [0.1, 0.15) is 58.2 Å². The van der Waals surface area contributed by atoms with Gasteiger partial charge in [-0.25, -0.2) is 0 Å². The quantitative estimate of drug-likeness (QED) is 0.101. The highest BCUT2D eigenvalue weighted by molar-refractivity contribution is 6.77. The third-order valence-electron chi connectivity index (χ3n) is 8.34. The van der Waals surface area contributed by atoms with Crippen LogP contribution in [0.25, 0.3) is 0 Å². The second-order valence-corrected chi connectivity index (χ2v) is 17.6. The van der Waals surface area contributed by atoms with Crippen molar-refractivity contribution in [2.75, 3.05) is 0 Å². The van der Waals surface area contributed by atoms with Crippen molar-refractivity contribution in [3.63, 3.8) is 0 Å². The van der Waals surface area contributed by atoms with Crippen LogP contribution in [0.3, 0.4) is 0 Å². The van der Waals surface area contributed by atoms with Gasteiger partial charge in [-0.05, 0) is 33.3 Å². The van der Waals surface area contributed by atoms with Crippen LogP contribution in [-0.4, -0.2) is 32.7 Å². The zero-order chi connectivity index (χ0) is 31.2. The third kappa shape index (κ3) is 9.59. The minimum Gasteiger partial charge on any atom is -0.407 e. The van der Waals surface area contributed by atoms with Crippen molar-refractivity contribution in [2.24, 2.45) is 0 Å². The summed E-state index contributed by atoms with van der Waals surface area (Å²) in [6.45, 7) is 23.5. The van der Waals surface area contributed by atoms with E-state index in [2.05, 4.69) is 91.1 Å². The summed E-state index contributed by atoms with van der Waals surface area (Å²) in [6, 6.07) is 30.6. The second kappa shape index (κ2) is 17.5. The predicted octanol–water partition coefficient (Wildman–Crippen LogP) is 9.68. The molecule has 232 valence electrons. The lowest BCUT2D eigenvalue weighted by Gasteiger charge is -2.46. The Morgan fingerprint density at radius 1 is 0.512 bits per heavy atom. The molecule has 0 heterocycles. The molecule has 0 saturated heterocycles. The highest BCUT2D eigenvalue weighted by Crippen LogP contribution is 2.44. The van der Waals surface area contributed by atoms with Gasteiger partial charge in [-0.15, -0.1) is 13.2 Å². The Balaban J connectivity index is 2.04. The zero-order valence-electron chi connectivity index (χ0n) is 27.0. The molecule has 0 fully saturated rings. The van der Waals surface area contributed by atoms with Gasteiger partial charge in [0.15, 0.2) is 0 Å². The van der Waals surface area contributed by atoms with Gasteiger partial charge in [0.2, 0.25) is 8.32 Å². The molecule has 4 nitrogen and oxygen atoms in total. The van der Waals surface area contributed by atoms with Crippen LogP contribution < -0.4 is 0 Å². The van der Waals surface area contributed by atoms with Gasteiger partial charge in [0.05, 0.1) is 25.9 Å². The van der Waals surface area contributed by atoms with Gasteiger partial charge in [0, 0.05) is 0 Å². The molecule has 3 aromatic rings. The molecule has 5 heteroatoms. The number of benzene rings is 3. The molecule has 43 heavy (non-hydrogen) atoms. The fourth-order valence-corrected chi connectivity index (χ4v) is 11.8. The van der Waals surface area contributed by atoms with E-state index >= 15 is 0 Å². The fraction of sp³-hybridized carbons (Fsp3) is 0.421. The van der Waals surface area contributed by atoms with Crippen LogP contribution in [0.15, 0.2) is 116 Å². The van der Waals surface area contributed by atoms with E-state index in [0.29, 0.717) is 36.4 Å². The summed E-state index contributed by atoms with van der Waals surface area (Å²) in [5, 5.41) is 0. The van der Waals surface area contributed by atoms with Gasteiger partial charge < -0.3 is 18.6 Å². The van der Waals surface area contributed by atoms with E-state index in [9.17, 15) is 0 Å². The van der Waals surface area contributed by atoms with Crippen molar-refractivity contribution >= 4 is 8.32 Å². The van der Waals surface area contributed by atoms with E-state index in [1.807, 2.05) is 66.7 Å². The Hall–Kier alpha value is -2.80. The maximum atomic E-state index is 7.34. The van der Waals surface area contributed by atoms with Crippen LogP contribution in [0.2, 0.25) is 16.6 Å². The van der Waals surface area contributed by atoms with Crippen molar-refractivity contribution in [3.8, 4) is 0 Å². The minimum absolute atomic E-state index is 0.401. The molecule has 3 aromatic carbocycles. The largest absolute Gasteiger partial charge is 0.407 e. The molecule has 0 aliphatic heterocycles. The highest BCUT2D eigenvalue weighted by atomic mass is 28.4. The van der Waals surface area contributed by atoms with E-state index < -0.39 is 32.7 Å². The SMILES string of the molecule is C=C[C@H](OCc1ccccc1)[C@@H](OCc1ccccc1)[C@H](OCc1ccccc1)[C@H](C=C)O[Si](C(C)C)(C(C)C)C(C)C. The maximum absolute atomic E-state index is 7.34.